The number of hydrogen-bond donors (Lipinski definition) is 30. The average Bonchev–Trinajstić information content (AvgIpc) is 0.756. The number of aliphatic hydroxyl groups excluding tert-OH is 23. The Morgan fingerprint density at radius 3 is 1.01 bits per heavy atom. The van der Waals surface area contributed by atoms with Crippen molar-refractivity contribution >= 4 is 41.5 Å². The lowest BCUT2D eigenvalue weighted by molar-refractivity contribution is -0.389. The van der Waals surface area contributed by atoms with Gasteiger partial charge in [0.2, 0.25) is 29.5 Å². The van der Waals surface area contributed by atoms with Crippen LogP contribution in [0.25, 0.3) is 0 Å². The smallest absolute Gasteiger partial charge is 0.364 e. The maximum Gasteiger partial charge on any atom is 0.364 e. The molecule has 8 aliphatic heterocycles. The summed E-state index contributed by atoms with van der Waals surface area (Å²) in [6, 6.07) is -9.20. The third-order valence-corrected chi connectivity index (χ3v) is 20.6. The zero-order chi connectivity index (χ0) is 86.3. The third kappa shape index (κ3) is 21.3. The van der Waals surface area contributed by atoms with Gasteiger partial charge in [0.15, 0.2) is 37.7 Å². The average molecular weight is 1700 g/mol. The summed E-state index contributed by atoms with van der Waals surface area (Å²) in [6.07, 6.45) is -78.4. The number of carboxylic acids is 2. The molecule has 0 spiro atoms. The van der Waals surface area contributed by atoms with E-state index in [0.29, 0.717) is 0 Å². The van der Waals surface area contributed by atoms with Crippen LogP contribution in [-0.2, 0) is 105 Å². The second-order valence-corrected chi connectivity index (χ2v) is 28.9. The monoisotopic (exact) mass is 1700 g/mol. The number of aliphatic carboxylic acids is 2. The molecule has 8 saturated heterocycles. The van der Waals surface area contributed by atoms with Gasteiger partial charge in [0.25, 0.3) is 11.6 Å². The van der Waals surface area contributed by atoms with E-state index in [4.69, 9.17) is 71.1 Å². The van der Waals surface area contributed by atoms with Crippen LogP contribution < -0.4 is 26.6 Å². The van der Waals surface area contributed by atoms with Crippen LogP contribution in [0.2, 0.25) is 0 Å². The van der Waals surface area contributed by atoms with Gasteiger partial charge in [-0.05, 0) is 0 Å². The summed E-state index contributed by atoms with van der Waals surface area (Å²) >= 11 is 0. The van der Waals surface area contributed by atoms with E-state index >= 15 is 0 Å². The fourth-order valence-electron chi connectivity index (χ4n) is 14.8. The van der Waals surface area contributed by atoms with Crippen LogP contribution in [0.4, 0.5) is 0 Å². The van der Waals surface area contributed by atoms with Crippen LogP contribution >= 0.6 is 0 Å². The Labute approximate surface area is 655 Å². The Bertz CT molecular complexity index is 3240. The summed E-state index contributed by atoms with van der Waals surface area (Å²) in [6.45, 7) is -4.62. The molecule has 8 rings (SSSR count). The molecule has 0 unspecified atom stereocenters. The second kappa shape index (κ2) is 41.1. The van der Waals surface area contributed by atoms with Crippen molar-refractivity contribution in [1.82, 2.24) is 26.6 Å². The maximum absolute atomic E-state index is 13.2. The van der Waals surface area contributed by atoms with Crippen molar-refractivity contribution in [2.75, 3.05) is 52.9 Å². The molecule has 52 heteroatoms. The number of nitrogens with one attached hydrogen (secondary N) is 5. The maximum atomic E-state index is 13.2. The zero-order valence-electron chi connectivity index (χ0n) is 62.3. The summed E-state index contributed by atoms with van der Waals surface area (Å²) < 4.78 is 87.1. The topological polar surface area (TPSA) is 824 Å². The number of rotatable bonds is 33. The predicted molar refractivity (Wildman–Crippen MR) is 357 cm³/mol. The minimum Gasteiger partial charge on any atom is -0.477 e. The molecule has 52 nitrogen and oxygen atoms in total. The summed E-state index contributed by atoms with van der Waals surface area (Å²) in [5.74, 6) is -15.4. The van der Waals surface area contributed by atoms with Crippen LogP contribution in [0.15, 0.2) is 0 Å². The van der Waals surface area contributed by atoms with Gasteiger partial charge in [-0.15, -0.1) is 0 Å². The molecule has 0 aromatic heterocycles. The van der Waals surface area contributed by atoms with Crippen LogP contribution in [0, 0.1) is 0 Å². The highest BCUT2D eigenvalue weighted by Crippen LogP contribution is 2.43. The van der Waals surface area contributed by atoms with Gasteiger partial charge in [-0.25, -0.2) is 9.59 Å². The molecule has 0 aliphatic carbocycles. The third-order valence-electron chi connectivity index (χ3n) is 20.6. The summed E-state index contributed by atoms with van der Waals surface area (Å²) in [4.78, 5) is 89.1. The highest BCUT2D eigenvalue weighted by atomic mass is 16.8. The molecule has 0 bridgehead atoms. The van der Waals surface area contributed by atoms with Crippen molar-refractivity contribution in [2.45, 2.75) is 304 Å². The Hall–Kier alpha value is -5.23. The number of aliphatic hydroxyl groups is 23. The molecule has 0 aromatic rings. The highest BCUT2D eigenvalue weighted by Gasteiger charge is 2.64. The Morgan fingerprint density at radius 2 is 0.655 bits per heavy atom. The minimum absolute atomic E-state index is 0.862. The molecule has 0 saturated carbocycles. The lowest BCUT2D eigenvalue weighted by atomic mass is 9.88. The van der Waals surface area contributed by atoms with Gasteiger partial charge in [0, 0.05) is 47.5 Å². The van der Waals surface area contributed by atoms with E-state index in [1.807, 2.05) is 0 Å². The number of carboxylic acid groups (broad SMARTS) is 2. The molecule has 668 valence electrons. The molecule has 8 fully saturated rings. The van der Waals surface area contributed by atoms with Crippen LogP contribution in [0.5, 0.6) is 0 Å². The van der Waals surface area contributed by atoms with E-state index < -0.39 is 364 Å². The van der Waals surface area contributed by atoms with E-state index in [1.54, 1.807) is 0 Å². The second-order valence-electron chi connectivity index (χ2n) is 28.9. The first-order chi connectivity index (χ1) is 54.5. The Morgan fingerprint density at radius 1 is 0.353 bits per heavy atom. The summed E-state index contributed by atoms with van der Waals surface area (Å²) in [7, 11) is 0. The van der Waals surface area contributed by atoms with E-state index in [-0.39, 0.29) is 0 Å². The molecule has 0 radical (unpaired) electrons. The van der Waals surface area contributed by atoms with Gasteiger partial charge in [-0.1, -0.05) is 0 Å². The lowest BCUT2D eigenvalue weighted by Crippen LogP contribution is -2.71. The first-order valence-electron chi connectivity index (χ1n) is 36.4. The van der Waals surface area contributed by atoms with Crippen molar-refractivity contribution in [2.24, 2.45) is 0 Å². The van der Waals surface area contributed by atoms with Crippen molar-refractivity contribution in [3.8, 4) is 0 Å². The lowest BCUT2D eigenvalue weighted by Gasteiger charge is -2.51. The first kappa shape index (κ1) is 96.2. The SMILES string of the molecule is CC(=O)N[C@@H]1[C@@H](O[C@@H]2O[C@H](CO)[C@H](O)[C@H](O[C@]3(C(=O)O)C[C@H](O)[C@@H](NC(C)=O)[C@H]([C@H](O)[C@H](O)CO)O3)[C@H]2O)[C@@H](O)[C@@H](CO[C@@H]2O[C@H](CO)[C@@H](O[C@@H]3O[C@H](CO)[C@H](O)[C@H](O[C@@H]4O[C@H](CO)[C@@H](O[C@@H]5O[C@H](CO)[C@H](O)[C@H](O[C@]6(C(=O)O)C[C@H](O)[C@@H](NC(C)=O)[C@H]([C@H](O)[C@H](O)CO)O6)[C@H]5O)[C@H](O)[C@H]4NC(C)=O)[C@H]3O)[C@H](O)[C@H]2NC(C)=O)O[C@H]1O. The van der Waals surface area contributed by atoms with Gasteiger partial charge in [0.1, 0.15) is 183 Å². The molecule has 5 amide bonds. The molecule has 8 aliphatic rings. The Kier molecular flexibility index (Phi) is 34.1. The van der Waals surface area contributed by atoms with E-state index in [0.717, 1.165) is 34.6 Å². The molecule has 0 aromatic carbocycles. The number of ether oxygens (including phenoxy) is 15. The highest BCUT2D eigenvalue weighted by molar-refractivity contribution is 5.78. The van der Waals surface area contributed by atoms with Crippen LogP contribution in [0.3, 0.4) is 0 Å². The first-order valence-corrected chi connectivity index (χ1v) is 36.4. The van der Waals surface area contributed by atoms with Gasteiger partial charge < -0.3 is 225 Å². The largest absolute Gasteiger partial charge is 0.477 e. The van der Waals surface area contributed by atoms with E-state index in [1.165, 1.54) is 0 Å². The molecular formula is C64H105N5O47. The van der Waals surface area contributed by atoms with Crippen molar-refractivity contribution < 1.29 is 232 Å². The van der Waals surface area contributed by atoms with Gasteiger partial charge in [-0.3, -0.25) is 24.0 Å². The zero-order valence-corrected chi connectivity index (χ0v) is 62.3. The van der Waals surface area contributed by atoms with E-state index in [2.05, 4.69) is 26.6 Å². The summed E-state index contributed by atoms with van der Waals surface area (Å²) in [5.41, 5.74) is 0. The molecular weight excluding hydrogens is 1590 g/mol. The normalized spacial score (nSPS) is 44.6. The van der Waals surface area contributed by atoms with Crippen LogP contribution in [0.1, 0.15) is 47.5 Å². The standard InChI is InChI=1S/C64H105N5O47/c1-16(77)65-31-21(82)6-63(61(98)99,113-50(31)36(86)23(84)8-70)115-53-39(89)26(11-73)105-59(45(53)95)110-48-29(14-76)108-57(34(43(48)93)68-19(4)80)112-52-38(88)25(10-72)104-58(44(52)94)109-47-28(13-75)107-56(33(42(47)92)67-18(3)79)102-15-30-41(91)49(35(55(97)103-30)69-20(5)81)111-60-46(96)54(40(90)27(12-74)106-60)116-64(62(100)101)7-22(83)32(66-17(2)78)51(114-64)37(87)24(85)9-71/h21-60,70-76,82-97H,6-15H2,1-5H3,(H,65,77)(H,66,78)(H,67,79)(H,68,80)(H,69,81)(H,98,99)(H,100,101)/t21-,22-,23+,24+,25+,26+,27+,28+,29+,30+,31+,32+,33+,34+,35+,36+,37+,38-,39-,40-,41-,42+,43+,44+,45+,46+,47+,48+,49+,50+,51+,52-,53-,54-,55+,56+,57-,58-,59-,60-,63-,64-/m0/s1. The fourth-order valence-corrected chi connectivity index (χ4v) is 14.8. The number of hydrogen-bond acceptors (Lipinski definition) is 45. The number of carbonyl (C=O) groups is 7. The molecule has 30 N–H and O–H groups in total. The fraction of sp³-hybridized carbons (Fsp3) is 0.891. The minimum atomic E-state index is -3.27. The van der Waals surface area contributed by atoms with Gasteiger partial charge >= 0.3 is 11.9 Å². The molecule has 8 heterocycles. The van der Waals surface area contributed by atoms with Gasteiger partial charge in [-0.2, -0.15) is 0 Å². The summed E-state index contributed by atoms with van der Waals surface area (Å²) in [5, 5.41) is 288. The van der Waals surface area contributed by atoms with Gasteiger partial charge in [0.05, 0.1) is 77.1 Å². The van der Waals surface area contributed by atoms with E-state index in [9.17, 15) is 161 Å². The van der Waals surface area contributed by atoms with Crippen LogP contribution in [-0.4, -0.2) is 479 Å². The van der Waals surface area contributed by atoms with Crippen molar-refractivity contribution in [3.05, 3.63) is 0 Å². The number of carbonyl (C=O) groups excluding carboxylic acids is 5. The molecule has 42 atom stereocenters. The molecule has 116 heavy (non-hydrogen) atoms. The van der Waals surface area contributed by atoms with Crippen molar-refractivity contribution in [1.29, 1.82) is 0 Å². The number of amides is 5. The quantitative estimate of drug-likeness (QED) is 0.0290. The predicted octanol–water partition coefficient (Wildman–Crippen LogP) is -19.3. The van der Waals surface area contributed by atoms with Crippen molar-refractivity contribution in [3.63, 3.8) is 0 Å². The Balaban J connectivity index is 0.986.